The Morgan fingerprint density at radius 3 is 2.30 bits per heavy atom. The predicted octanol–water partition coefficient (Wildman–Crippen LogP) is 7.10. The summed E-state index contributed by atoms with van der Waals surface area (Å²) in [6.45, 7) is 11.8. The highest BCUT2D eigenvalue weighted by atomic mass is 14.3. The van der Waals surface area contributed by atoms with E-state index in [1.165, 1.54) is 17.5 Å². The third kappa shape index (κ3) is 3.51. The summed E-state index contributed by atoms with van der Waals surface area (Å²) in [5.41, 5.74) is 10.9. The Bertz CT molecular complexity index is 866. The molecule has 0 radical (unpaired) electrons. The molecule has 0 saturated carbocycles. The summed E-state index contributed by atoms with van der Waals surface area (Å²) in [5.74, 6) is 2.55. The number of hydrogen-bond donors (Lipinski definition) is 0. The van der Waals surface area contributed by atoms with Crippen LogP contribution < -0.4 is 0 Å². The average molecular weight is 359 g/mol. The van der Waals surface area contributed by atoms with Gasteiger partial charge in [-0.1, -0.05) is 77.1 Å². The van der Waals surface area contributed by atoms with Crippen LogP contribution in [0.5, 0.6) is 0 Å². The molecule has 0 heteroatoms. The minimum absolute atomic E-state index is 0.564. The van der Waals surface area contributed by atoms with E-state index in [-0.39, 0.29) is 0 Å². The molecule has 27 heavy (non-hydrogen) atoms. The maximum atomic E-state index is 2.50. The molecule has 5 aliphatic rings. The Morgan fingerprint density at radius 1 is 0.852 bits per heavy atom. The molecule has 0 nitrogen and oxygen atoms in total. The van der Waals surface area contributed by atoms with E-state index in [1.807, 2.05) is 0 Å². The molecule has 0 spiro atoms. The van der Waals surface area contributed by atoms with E-state index in [0.717, 1.165) is 19.3 Å². The van der Waals surface area contributed by atoms with Gasteiger partial charge >= 0.3 is 0 Å². The summed E-state index contributed by atoms with van der Waals surface area (Å²) < 4.78 is 0. The zero-order valence-electron chi connectivity index (χ0n) is 17.7. The standard InChI is InChI=1S/C27H34/c1-17(2)22-12-13-25-20-6-7-21-8-10-23(16-26(21)18(3)4)19(5)14-24(11-9-20)27(25)15-22/h8-13,16-19,22H,6-7,14-15H2,1-5H3. The van der Waals surface area contributed by atoms with E-state index in [4.69, 9.17) is 0 Å². The summed E-state index contributed by atoms with van der Waals surface area (Å²) in [7, 11) is 0. The second-order valence-electron chi connectivity index (χ2n) is 9.47. The van der Waals surface area contributed by atoms with Gasteiger partial charge in [-0.3, -0.25) is 0 Å². The Hall–Kier alpha value is -1.82. The Balaban J connectivity index is 1.81. The molecule has 2 unspecified atom stereocenters. The fraction of sp³-hybridized carbons (Fsp3) is 0.481. The first kappa shape index (κ1) is 18.5. The highest BCUT2D eigenvalue weighted by molar-refractivity contribution is 5.63. The molecule has 0 fully saturated rings. The first-order valence-electron chi connectivity index (χ1n) is 10.9. The van der Waals surface area contributed by atoms with E-state index in [1.54, 1.807) is 27.8 Å². The topological polar surface area (TPSA) is 0 Å². The maximum Gasteiger partial charge on any atom is -0.0150 e. The number of allylic oxidation sites excluding steroid dienone is 1. The van der Waals surface area contributed by atoms with Crippen molar-refractivity contribution >= 4 is 6.08 Å². The van der Waals surface area contributed by atoms with Gasteiger partial charge in [-0.15, -0.1) is 0 Å². The van der Waals surface area contributed by atoms with E-state index >= 15 is 0 Å². The van der Waals surface area contributed by atoms with E-state index in [0.29, 0.717) is 23.7 Å². The normalized spacial score (nSPS) is 21.4. The van der Waals surface area contributed by atoms with Crippen molar-refractivity contribution in [3.8, 4) is 0 Å². The monoisotopic (exact) mass is 358 g/mol. The number of aryl methyl sites for hydroxylation is 2. The highest BCUT2D eigenvalue weighted by Gasteiger charge is 2.23. The molecule has 0 amide bonds. The minimum atomic E-state index is 0.564. The Labute approximate surface area is 165 Å². The molecule has 0 N–H and O–H groups in total. The molecular formula is C27H34. The lowest BCUT2D eigenvalue weighted by Gasteiger charge is -2.28. The molecule has 2 aromatic carbocycles. The second kappa shape index (κ2) is 7.30. The molecule has 2 aromatic rings. The summed E-state index contributed by atoms with van der Waals surface area (Å²) >= 11 is 0. The lowest BCUT2D eigenvalue weighted by atomic mass is 9.76. The summed E-state index contributed by atoms with van der Waals surface area (Å²) in [4.78, 5) is 0. The lowest BCUT2D eigenvalue weighted by Crippen LogP contribution is -2.17. The Morgan fingerprint density at radius 2 is 1.56 bits per heavy atom. The summed E-state index contributed by atoms with van der Waals surface area (Å²) in [6.07, 6.45) is 9.59. The van der Waals surface area contributed by atoms with Crippen molar-refractivity contribution < 1.29 is 0 Å². The van der Waals surface area contributed by atoms with Gasteiger partial charge in [-0.05, 0) is 88.3 Å². The first-order valence-corrected chi connectivity index (χ1v) is 10.9. The van der Waals surface area contributed by atoms with Crippen LogP contribution in [0.25, 0.3) is 6.08 Å². The van der Waals surface area contributed by atoms with Gasteiger partial charge in [0.15, 0.2) is 0 Å². The van der Waals surface area contributed by atoms with E-state index in [2.05, 4.69) is 77.1 Å². The SMILES string of the molecule is CC(C)c1cc2ccc1CCc1ccc(c3c1C=CC(C(C)C)C3)CC2C. The third-order valence-electron chi connectivity index (χ3n) is 6.90. The molecular weight excluding hydrogens is 324 g/mol. The molecule has 4 bridgehead atoms. The number of benzene rings is 2. The van der Waals surface area contributed by atoms with Gasteiger partial charge in [0.05, 0.1) is 0 Å². The fourth-order valence-electron chi connectivity index (χ4n) is 5.00. The van der Waals surface area contributed by atoms with Crippen LogP contribution in [-0.4, -0.2) is 0 Å². The van der Waals surface area contributed by atoms with Crippen molar-refractivity contribution in [1.29, 1.82) is 0 Å². The zero-order chi connectivity index (χ0) is 19.1. The maximum absolute atomic E-state index is 2.50. The number of rotatable bonds is 2. The summed E-state index contributed by atoms with van der Waals surface area (Å²) in [5, 5.41) is 0. The Kier molecular flexibility index (Phi) is 5.01. The van der Waals surface area contributed by atoms with Crippen molar-refractivity contribution in [1.82, 2.24) is 0 Å². The van der Waals surface area contributed by atoms with Crippen LogP contribution in [0.3, 0.4) is 0 Å². The van der Waals surface area contributed by atoms with Crippen LogP contribution in [0, 0.1) is 11.8 Å². The fourth-order valence-corrected chi connectivity index (χ4v) is 5.00. The van der Waals surface area contributed by atoms with Crippen molar-refractivity contribution in [3.05, 3.63) is 75.4 Å². The number of hydrogen-bond acceptors (Lipinski definition) is 0. The van der Waals surface area contributed by atoms with Gasteiger partial charge in [0, 0.05) is 0 Å². The lowest BCUT2D eigenvalue weighted by molar-refractivity contribution is 0.459. The minimum Gasteiger partial charge on any atom is -0.0802 e. The third-order valence-corrected chi connectivity index (χ3v) is 6.90. The van der Waals surface area contributed by atoms with E-state index < -0.39 is 0 Å². The second-order valence-corrected chi connectivity index (χ2v) is 9.47. The smallest absolute Gasteiger partial charge is 0.0150 e. The van der Waals surface area contributed by atoms with Crippen molar-refractivity contribution in [3.63, 3.8) is 0 Å². The zero-order valence-corrected chi connectivity index (χ0v) is 17.7. The van der Waals surface area contributed by atoms with Crippen LogP contribution in [0.15, 0.2) is 36.4 Å². The van der Waals surface area contributed by atoms with Crippen LogP contribution in [0.4, 0.5) is 0 Å². The molecule has 0 aromatic heterocycles. The first-order chi connectivity index (χ1) is 12.9. The molecule has 7 rings (SSSR count). The molecule has 5 aliphatic carbocycles. The van der Waals surface area contributed by atoms with Gasteiger partial charge in [-0.25, -0.2) is 0 Å². The largest absolute Gasteiger partial charge is 0.0802 e. The van der Waals surface area contributed by atoms with Crippen LogP contribution in [0.2, 0.25) is 0 Å². The van der Waals surface area contributed by atoms with Crippen molar-refractivity contribution in [2.75, 3.05) is 0 Å². The van der Waals surface area contributed by atoms with Crippen molar-refractivity contribution in [2.24, 2.45) is 11.8 Å². The molecule has 0 aliphatic heterocycles. The van der Waals surface area contributed by atoms with Gasteiger partial charge in [0.2, 0.25) is 0 Å². The van der Waals surface area contributed by atoms with Gasteiger partial charge in [-0.2, -0.15) is 0 Å². The molecule has 2 atom stereocenters. The molecule has 0 saturated heterocycles. The average Bonchev–Trinajstić information content (AvgIpc) is 2.65. The summed E-state index contributed by atoms with van der Waals surface area (Å²) in [6, 6.07) is 12.2. The predicted molar refractivity (Wildman–Crippen MR) is 118 cm³/mol. The van der Waals surface area contributed by atoms with Gasteiger partial charge in [0.25, 0.3) is 0 Å². The van der Waals surface area contributed by atoms with Gasteiger partial charge in [0.1, 0.15) is 0 Å². The quantitative estimate of drug-likeness (QED) is 0.537. The van der Waals surface area contributed by atoms with Crippen molar-refractivity contribution in [2.45, 2.75) is 72.1 Å². The van der Waals surface area contributed by atoms with E-state index in [9.17, 15) is 0 Å². The van der Waals surface area contributed by atoms with Crippen LogP contribution >= 0.6 is 0 Å². The van der Waals surface area contributed by atoms with Gasteiger partial charge < -0.3 is 0 Å². The molecule has 142 valence electrons. The molecule has 0 heterocycles. The van der Waals surface area contributed by atoms with Crippen LogP contribution in [-0.2, 0) is 25.7 Å². The highest BCUT2D eigenvalue weighted by Crippen LogP contribution is 2.36. The van der Waals surface area contributed by atoms with Crippen LogP contribution in [0.1, 0.15) is 85.4 Å².